The highest BCUT2D eigenvalue weighted by atomic mass is 16.2. The lowest BCUT2D eigenvalue weighted by atomic mass is 9.99. The van der Waals surface area contributed by atoms with Crippen LogP contribution in [0.1, 0.15) is 58.9 Å². The van der Waals surface area contributed by atoms with Crippen LogP contribution in [0.4, 0.5) is 5.82 Å². The van der Waals surface area contributed by atoms with E-state index in [4.69, 9.17) is 5.73 Å². The number of pyridine rings is 1. The normalized spacial score (nSPS) is 10.7. The standard InChI is InChI=1S/C21H29N3O/c1-5-6-7-8-18-14-19(15(2)23-20(18)22)13-16-9-11-17(12-10-16)21(25)24(3)4/h9-12,14H,5-8,13H2,1-4H3,(H2,22,23). The molecule has 1 amide bonds. The highest BCUT2D eigenvalue weighted by molar-refractivity contribution is 5.93. The van der Waals surface area contributed by atoms with E-state index in [2.05, 4.69) is 18.0 Å². The van der Waals surface area contributed by atoms with Crippen LogP contribution in [0, 0.1) is 6.92 Å². The molecule has 25 heavy (non-hydrogen) atoms. The molecule has 0 bridgehead atoms. The van der Waals surface area contributed by atoms with Gasteiger partial charge in [0, 0.05) is 25.4 Å². The number of nitrogens with zero attached hydrogens (tertiary/aromatic N) is 2. The second-order valence-corrected chi connectivity index (χ2v) is 6.81. The maximum absolute atomic E-state index is 12.0. The Labute approximate surface area is 151 Å². The molecular weight excluding hydrogens is 310 g/mol. The molecule has 4 heteroatoms. The number of hydrogen-bond donors (Lipinski definition) is 1. The number of anilines is 1. The van der Waals surface area contributed by atoms with Crippen LogP contribution in [-0.2, 0) is 12.8 Å². The summed E-state index contributed by atoms with van der Waals surface area (Å²) < 4.78 is 0. The Morgan fingerprint density at radius 3 is 2.40 bits per heavy atom. The number of benzene rings is 1. The summed E-state index contributed by atoms with van der Waals surface area (Å²) >= 11 is 0. The predicted molar refractivity (Wildman–Crippen MR) is 104 cm³/mol. The number of nitrogens with two attached hydrogens (primary N) is 1. The Hall–Kier alpha value is -2.36. The molecule has 0 fully saturated rings. The van der Waals surface area contributed by atoms with Gasteiger partial charge in [0.25, 0.3) is 5.91 Å². The third-order valence-corrected chi connectivity index (χ3v) is 4.48. The van der Waals surface area contributed by atoms with Crippen molar-refractivity contribution in [3.8, 4) is 0 Å². The summed E-state index contributed by atoms with van der Waals surface area (Å²) in [6.45, 7) is 4.21. The van der Waals surface area contributed by atoms with Gasteiger partial charge < -0.3 is 10.6 Å². The van der Waals surface area contributed by atoms with Gasteiger partial charge in [-0.25, -0.2) is 4.98 Å². The number of aryl methyl sites for hydroxylation is 2. The van der Waals surface area contributed by atoms with Gasteiger partial charge in [-0.15, -0.1) is 0 Å². The van der Waals surface area contributed by atoms with E-state index in [1.165, 1.54) is 24.0 Å². The van der Waals surface area contributed by atoms with Crippen LogP contribution in [0.25, 0.3) is 0 Å². The van der Waals surface area contributed by atoms with E-state index < -0.39 is 0 Å². The van der Waals surface area contributed by atoms with E-state index in [-0.39, 0.29) is 5.91 Å². The quantitative estimate of drug-likeness (QED) is 0.776. The van der Waals surface area contributed by atoms with E-state index in [9.17, 15) is 4.79 Å². The van der Waals surface area contributed by atoms with Crippen molar-refractivity contribution in [2.75, 3.05) is 19.8 Å². The Morgan fingerprint density at radius 1 is 1.12 bits per heavy atom. The highest BCUT2D eigenvalue weighted by Gasteiger charge is 2.10. The molecule has 0 atom stereocenters. The summed E-state index contributed by atoms with van der Waals surface area (Å²) in [7, 11) is 3.53. The zero-order chi connectivity index (χ0) is 18.4. The first-order valence-electron chi connectivity index (χ1n) is 8.97. The highest BCUT2D eigenvalue weighted by Crippen LogP contribution is 2.20. The summed E-state index contributed by atoms with van der Waals surface area (Å²) in [6, 6.07) is 10.0. The molecule has 0 aliphatic heterocycles. The lowest BCUT2D eigenvalue weighted by molar-refractivity contribution is 0.0827. The summed E-state index contributed by atoms with van der Waals surface area (Å²) in [5, 5.41) is 0. The summed E-state index contributed by atoms with van der Waals surface area (Å²) in [6.07, 6.45) is 5.34. The number of nitrogen functional groups attached to an aromatic ring is 1. The molecule has 0 aliphatic carbocycles. The van der Waals surface area contributed by atoms with Gasteiger partial charge in [-0.2, -0.15) is 0 Å². The molecule has 1 aromatic heterocycles. The van der Waals surface area contributed by atoms with Gasteiger partial charge in [-0.05, 0) is 55.0 Å². The number of hydrogen-bond acceptors (Lipinski definition) is 3. The Balaban J connectivity index is 2.16. The first-order valence-corrected chi connectivity index (χ1v) is 8.97. The zero-order valence-corrected chi connectivity index (χ0v) is 15.8. The molecule has 2 aromatic rings. The number of aromatic nitrogens is 1. The van der Waals surface area contributed by atoms with Crippen LogP contribution in [-0.4, -0.2) is 29.9 Å². The van der Waals surface area contributed by atoms with E-state index >= 15 is 0 Å². The molecule has 0 aliphatic rings. The van der Waals surface area contributed by atoms with Gasteiger partial charge in [0.1, 0.15) is 5.82 Å². The second kappa shape index (κ2) is 8.65. The topological polar surface area (TPSA) is 59.2 Å². The molecule has 1 aromatic carbocycles. The maximum atomic E-state index is 12.0. The zero-order valence-electron chi connectivity index (χ0n) is 15.8. The minimum atomic E-state index is 0.0232. The SMILES string of the molecule is CCCCCc1cc(Cc2ccc(C(=O)N(C)C)cc2)c(C)nc1N. The molecule has 0 radical (unpaired) electrons. The van der Waals surface area contributed by atoms with Crippen LogP contribution in [0.3, 0.4) is 0 Å². The molecule has 1 heterocycles. The molecule has 0 saturated heterocycles. The van der Waals surface area contributed by atoms with Crippen LogP contribution >= 0.6 is 0 Å². The lowest BCUT2D eigenvalue weighted by Crippen LogP contribution is -2.21. The Kier molecular flexibility index (Phi) is 6.57. The van der Waals surface area contributed by atoms with Gasteiger partial charge in [-0.1, -0.05) is 38.0 Å². The number of rotatable bonds is 7. The maximum Gasteiger partial charge on any atom is 0.253 e. The fourth-order valence-corrected chi connectivity index (χ4v) is 2.90. The monoisotopic (exact) mass is 339 g/mol. The van der Waals surface area contributed by atoms with Crippen LogP contribution in [0.2, 0.25) is 0 Å². The lowest BCUT2D eigenvalue weighted by Gasteiger charge is -2.13. The van der Waals surface area contributed by atoms with Crippen molar-refractivity contribution in [3.63, 3.8) is 0 Å². The van der Waals surface area contributed by atoms with Crippen molar-refractivity contribution in [2.45, 2.75) is 46.0 Å². The van der Waals surface area contributed by atoms with Crippen molar-refractivity contribution in [2.24, 2.45) is 0 Å². The number of carbonyl (C=O) groups is 1. The first-order chi connectivity index (χ1) is 11.9. The molecule has 2 N–H and O–H groups in total. The summed E-state index contributed by atoms with van der Waals surface area (Å²) in [5.41, 5.74) is 11.3. The number of unbranched alkanes of at least 4 members (excludes halogenated alkanes) is 2. The summed E-state index contributed by atoms with van der Waals surface area (Å²) in [4.78, 5) is 18.1. The van der Waals surface area contributed by atoms with Crippen LogP contribution in [0.5, 0.6) is 0 Å². The van der Waals surface area contributed by atoms with Crippen molar-refractivity contribution in [1.82, 2.24) is 9.88 Å². The molecule has 0 spiro atoms. The van der Waals surface area contributed by atoms with Crippen LogP contribution in [0.15, 0.2) is 30.3 Å². The fraction of sp³-hybridized carbons (Fsp3) is 0.429. The minimum Gasteiger partial charge on any atom is -0.383 e. The van der Waals surface area contributed by atoms with E-state index in [0.717, 1.165) is 30.5 Å². The second-order valence-electron chi connectivity index (χ2n) is 6.81. The van der Waals surface area contributed by atoms with Gasteiger partial charge in [0.2, 0.25) is 0 Å². The largest absolute Gasteiger partial charge is 0.383 e. The Bertz CT molecular complexity index is 721. The predicted octanol–water partition coefficient (Wildman–Crippen LogP) is 4.00. The minimum absolute atomic E-state index is 0.0232. The van der Waals surface area contributed by atoms with Crippen molar-refractivity contribution in [1.29, 1.82) is 0 Å². The van der Waals surface area contributed by atoms with Gasteiger partial charge in [0.15, 0.2) is 0 Å². The fourth-order valence-electron chi connectivity index (χ4n) is 2.90. The first kappa shape index (κ1) is 19.0. The van der Waals surface area contributed by atoms with Crippen molar-refractivity contribution < 1.29 is 4.79 Å². The van der Waals surface area contributed by atoms with E-state index in [1.54, 1.807) is 19.0 Å². The molecule has 0 saturated carbocycles. The van der Waals surface area contributed by atoms with Gasteiger partial charge in [-0.3, -0.25) is 4.79 Å². The smallest absolute Gasteiger partial charge is 0.253 e. The average molecular weight is 339 g/mol. The summed E-state index contributed by atoms with van der Waals surface area (Å²) in [5.74, 6) is 0.680. The van der Waals surface area contributed by atoms with E-state index in [0.29, 0.717) is 11.4 Å². The average Bonchev–Trinajstić information content (AvgIpc) is 2.59. The Morgan fingerprint density at radius 2 is 1.80 bits per heavy atom. The third-order valence-electron chi connectivity index (χ3n) is 4.48. The number of amides is 1. The molecule has 0 unspecified atom stereocenters. The molecule has 2 rings (SSSR count). The van der Waals surface area contributed by atoms with Gasteiger partial charge >= 0.3 is 0 Å². The third kappa shape index (κ3) is 5.05. The molecular formula is C21H29N3O. The van der Waals surface area contributed by atoms with Gasteiger partial charge in [0.05, 0.1) is 0 Å². The van der Waals surface area contributed by atoms with E-state index in [1.807, 2.05) is 31.2 Å². The van der Waals surface area contributed by atoms with Crippen molar-refractivity contribution >= 4 is 11.7 Å². The van der Waals surface area contributed by atoms with Crippen molar-refractivity contribution in [3.05, 3.63) is 58.3 Å². The molecule has 134 valence electrons. The van der Waals surface area contributed by atoms with Crippen LogP contribution < -0.4 is 5.73 Å². The number of carbonyl (C=O) groups excluding carboxylic acids is 1. The molecule has 4 nitrogen and oxygen atoms in total.